The Morgan fingerprint density at radius 3 is 2.62 bits per heavy atom. The molecule has 0 radical (unpaired) electrons. The highest BCUT2D eigenvalue weighted by molar-refractivity contribution is 7.99. The molecule has 39 heavy (non-hydrogen) atoms. The van der Waals surface area contributed by atoms with Crippen LogP contribution in [-0.4, -0.2) is 17.6 Å². The normalized spacial score (nSPS) is 12.8. The molecule has 2 aromatic carbocycles. The van der Waals surface area contributed by atoms with Crippen LogP contribution >= 0.6 is 23.1 Å². The summed E-state index contributed by atoms with van der Waals surface area (Å²) in [5.74, 6) is 0.309. The van der Waals surface area contributed by atoms with Crippen molar-refractivity contribution in [1.29, 1.82) is 5.26 Å². The number of carboxylic acids is 1. The predicted octanol–water partition coefficient (Wildman–Crippen LogP) is 9.35. The van der Waals surface area contributed by atoms with Gasteiger partial charge in [-0.25, -0.2) is 4.79 Å². The highest BCUT2D eigenvalue weighted by Crippen LogP contribution is 2.49. The first kappa shape index (κ1) is 26.6. The molecule has 0 spiro atoms. The number of nitriles is 1. The first-order valence-electron chi connectivity index (χ1n) is 13.0. The van der Waals surface area contributed by atoms with E-state index in [0.29, 0.717) is 4.88 Å². The molecule has 5 rings (SSSR count). The van der Waals surface area contributed by atoms with Crippen LogP contribution in [0, 0.1) is 11.3 Å². The fraction of sp³-hybridized carbons (Fsp3) is 0.188. The Morgan fingerprint density at radius 2 is 1.79 bits per heavy atom. The minimum Gasteiger partial charge on any atom is -0.477 e. The van der Waals surface area contributed by atoms with Gasteiger partial charge in [-0.1, -0.05) is 50.1 Å². The second-order valence-corrected chi connectivity index (χ2v) is 11.4. The van der Waals surface area contributed by atoms with E-state index in [9.17, 15) is 4.79 Å². The number of hydrogen-bond acceptors (Lipinski definition) is 6. The van der Waals surface area contributed by atoms with Gasteiger partial charge in [-0.05, 0) is 79.2 Å². The van der Waals surface area contributed by atoms with Gasteiger partial charge in [-0.15, -0.1) is 11.3 Å². The summed E-state index contributed by atoms with van der Waals surface area (Å²) in [6.07, 6.45) is 10.1. The molecule has 0 unspecified atom stereocenters. The van der Waals surface area contributed by atoms with Gasteiger partial charge in [-0.2, -0.15) is 5.26 Å². The van der Waals surface area contributed by atoms with Gasteiger partial charge < -0.3 is 14.4 Å². The molecule has 5 nitrogen and oxygen atoms in total. The van der Waals surface area contributed by atoms with Crippen molar-refractivity contribution in [2.24, 2.45) is 0 Å². The van der Waals surface area contributed by atoms with Crippen LogP contribution in [0.2, 0.25) is 0 Å². The van der Waals surface area contributed by atoms with E-state index in [4.69, 9.17) is 14.8 Å². The number of carbonyl (C=O) groups is 1. The van der Waals surface area contributed by atoms with E-state index in [2.05, 4.69) is 54.3 Å². The summed E-state index contributed by atoms with van der Waals surface area (Å²) in [6, 6.07) is 24.5. The Morgan fingerprint density at radius 1 is 0.974 bits per heavy atom. The summed E-state index contributed by atoms with van der Waals surface area (Å²) in [6.45, 7) is 3.25. The van der Waals surface area contributed by atoms with Crippen LogP contribution in [-0.2, 0) is 4.79 Å². The third-order valence-electron chi connectivity index (χ3n) is 6.47. The average Bonchev–Trinajstić information content (AvgIpc) is 3.61. The van der Waals surface area contributed by atoms with Crippen LogP contribution in [0.4, 0.5) is 11.4 Å². The molecule has 0 amide bonds. The number of benzene rings is 2. The van der Waals surface area contributed by atoms with Crippen molar-refractivity contribution in [1.82, 2.24) is 0 Å². The molecule has 0 aliphatic carbocycles. The molecular formula is C32H28N2O3S2. The Kier molecular flexibility index (Phi) is 8.36. The largest absolute Gasteiger partial charge is 0.477 e. The monoisotopic (exact) mass is 552 g/mol. The summed E-state index contributed by atoms with van der Waals surface area (Å²) in [4.78, 5) is 17.7. The quantitative estimate of drug-likeness (QED) is 0.120. The second-order valence-electron chi connectivity index (χ2n) is 9.22. The molecule has 0 bridgehead atoms. The molecule has 7 heteroatoms. The van der Waals surface area contributed by atoms with E-state index >= 15 is 0 Å². The number of rotatable bonds is 10. The third kappa shape index (κ3) is 6.19. The van der Waals surface area contributed by atoms with Gasteiger partial charge in [0.2, 0.25) is 0 Å². The van der Waals surface area contributed by atoms with Gasteiger partial charge in [-0.3, -0.25) is 0 Å². The highest BCUT2D eigenvalue weighted by atomic mass is 32.2. The fourth-order valence-corrected chi connectivity index (χ4v) is 6.50. The zero-order valence-corrected chi connectivity index (χ0v) is 23.2. The van der Waals surface area contributed by atoms with E-state index in [-0.39, 0.29) is 5.57 Å². The van der Waals surface area contributed by atoms with E-state index in [1.807, 2.05) is 30.4 Å². The number of thiophene rings is 1. The topological polar surface area (TPSA) is 77.5 Å². The van der Waals surface area contributed by atoms with Crippen molar-refractivity contribution in [3.63, 3.8) is 0 Å². The highest BCUT2D eigenvalue weighted by Gasteiger charge is 2.23. The van der Waals surface area contributed by atoms with Crippen molar-refractivity contribution in [3.8, 4) is 17.4 Å². The molecule has 1 aliphatic heterocycles. The lowest BCUT2D eigenvalue weighted by Gasteiger charge is -2.33. The van der Waals surface area contributed by atoms with Crippen molar-refractivity contribution in [3.05, 3.63) is 87.8 Å². The van der Waals surface area contributed by atoms with E-state index in [1.54, 1.807) is 23.9 Å². The van der Waals surface area contributed by atoms with Crippen LogP contribution in [0.15, 0.2) is 86.5 Å². The lowest BCUT2D eigenvalue weighted by Crippen LogP contribution is -2.21. The summed E-state index contributed by atoms with van der Waals surface area (Å²) in [5.41, 5.74) is 3.28. The molecule has 0 saturated heterocycles. The first-order valence-corrected chi connectivity index (χ1v) is 14.6. The molecule has 1 aliphatic rings. The number of para-hydroxylation sites is 1. The van der Waals surface area contributed by atoms with Crippen LogP contribution in [0.5, 0.6) is 0 Å². The average molecular weight is 553 g/mol. The molecule has 0 fully saturated rings. The van der Waals surface area contributed by atoms with Crippen LogP contribution in [0.25, 0.3) is 29.6 Å². The number of anilines is 2. The fourth-order valence-electron chi connectivity index (χ4n) is 4.51. The van der Waals surface area contributed by atoms with Gasteiger partial charge in [0.1, 0.15) is 23.2 Å². The maximum absolute atomic E-state index is 11.1. The predicted molar refractivity (Wildman–Crippen MR) is 160 cm³/mol. The molecule has 0 atom stereocenters. The number of carboxylic acid groups (broad SMARTS) is 1. The van der Waals surface area contributed by atoms with Gasteiger partial charge in [0.15, 0.2) is 0 Å². The summed E-state index contributed by atoms with van der Waals surface area (Å²) >= 11 is 3.21. The van der Waals surface area contributed by atoms with Gasteiger partial charge in [0, 0.05) is 31.7 Å². The summed E-state index contributed by atoms with van der Waals surface area (Å²) in [5, 5.41) is 18.0. The van der Waals surface area contributed by atoms with E-state index in [0.717, 1.165) is 28.5 Å². The van der Waals surface area contributed by atoms with Crippen molar-refractivity contribution >= 4 is 58.7 Å². The number of hydrogen-bond donors (Lipinski definition) is 1. The minimum absolute atomic E-state index is 0.283. The van der Waals surface area contributed by atoms with Gasteiger partial charge in [0.25, 0.3) is 0 Å². The Balaban J connectivity index is 1.33. The van der Waals surface area contributed by atoms with Crippen LogP contribution in [0.3, 0.4) is 0 Å². The Bertz CT molecular complexity index is 1590. The zero-order valence-electron chi connectivity index (χ0n) is 21.6. The van der Waals surface area contributed by atoms with Crippen LogP contribution in [0.1, 0.15) is 48.1 Å². The lowest BCUT2D eigenvalue weighted by atomic mass is 10.1. The molecule has 1 N–H and O–H groups in total. The molecule has 196 valence electrons. The molecule has 3 heterocycles. The first-order chi connectivity index (χ1) is 19.1. The summed E-state index contributed by atoms with van der Waals surface area (Å²) < 4.78 is 6.15. The Hall–Kier alpha value is -3.99. The standard InChI is InChI=1S/C32H28N2O3S2/c1-2-3-4-7-18-34-27-8-5-6-9-30(27)39-31-20-22(10-16-28(31)34)29-17-12-24(37-29)11-13-25-14-15-26(38-25)19-23(21-33)32(35)36/h5-6,8-17,19-20H,2-4,7,18H2,1H3,(H,35,36)/b13-11+,23-19-. The molecule has 2 aromatic heterocycles. The van der Waals surface area contributed by atoms with Crippen molar-refractivity contribution in [2.45, 2.75) is 42.4 Å². The van der Waals surface area contributed by atoms with Crippen molar-refractivity contribution in [2.75, 3.05) is 11.4 Å². The smallest absolute Gasteiger partial charge is 0.346 e. The Labute approximate surface area is 236 Å². The maximum Gasteiger partial charge on any atom is 0.346 e. The zero-order chi connectivity index (χ0) is 27.2. The SMILES string of the molecule is CCCCCCN1c2ccccc2Sc2cc(-c3ccc(/C=C/c4ccc(/C=C(/C#N)C(=O)O)s4)o3)ccc21. The molecular weight excluding hydrogens is 524 g/mol. The minimum atomic E-state index is -1.23. The molecule has 0 saturated carbocycles. The van der Waals surface area contributed by atoms with E-state index in [1.165, 1.54) is 64.3 Å². The number of furan rings is 1. The lowest BCUT2D eigenvalue weighted by molar-refractivity contribution is -0.132. The van der Waals surface area contributed by atoms with Crippen molar-refractivity contribution < 1.29 is 14.3 Å². The third-order valence-corrected chi connectivity index (χ3v) is 8.58. The van der Waals surface area contributed by atoms with Gasteiger partial charge >= 0.3 is 5.97 Å². The van der Waals surface area contributed by atoms with Gasteiger partial charge in [0.05, 0.1) is 11.4 Å². The molecule has 4 aromatic rings. The number of fused-ring (bicyclic) bond motifs is 2. The maximum atomic E-state index is 11.1. The van der Waals surface area contributed by atoms with E-state index < -0.39 is 5.97 Å². The number of nitrogens with zero attached hydrogens (tertiary/aromatic N) is 2. The number of aliphatic carboxylic acids is 1. The van der Waals surface area contributed by atoms with Crippen LogP contribution < -0.4 is 4.90 Å². The second kappa shape index (κ2) is 12.2. The number of unbranched alkanes of at least 4 members (excludes halogenated alkanes) is 3. The summed E-state index contributed by atoms with van der Waals surface area (Å²) in [7, 11) is 0.